The van der Waals surface area contributed by atoms with E-state index in [9.17, 15) is 9.59 Å². The van der Waals surface area contributed by atoms with Crippen LogP contribution in [-0.2, 0) is 29.1 Å². The number of hydrogen-bond acceptors (Lipinski definition) is 6. The highest BCUT2D eigenvalue weighted by molar-refractivity contribution is 7.15. The molecule has 2 amide bonds. The van der Waals surface area contributed by atoms with Crippen molar-refractivity contribution in [2.24, 2.45) is 5.92 Å². The Bertz CT molecular complexity index is 1160. The smallest absolute Gasteiger partial charge is 0.231 e. The first-order chi connectivity index (χ1) is 16.1. The molecule has 1 atom stereocenters. The topological polar surface area (TPSA) is 74.8 Å². The Hall–Kier alpha value is -3.23. The molecule has 2 aromatic carbocycles. The van der Waals surface area contributed by atoms with E-state index in [4.69, 9.17) is 4.74 Å². The van der Waals surface area contributed by atoms with Crippen LogP contribution in [0.3, 0.4) is 0 Å². The molecule has 0 aliphatic carbocycles. The van der Waals surface area contributed by atoms with Crippen LogP contribution in [0.2, 0.25) is 0 Å². The van der Waals surface area contributed by atoms with Crippen molar-refractivity contribution in [2.45, 2.75) is 25.9 Å². The van der Waals surface area contributed by atoms with Gasteiger partial charge in [-0.2, -0.15) is 0 Å². The monoisotopic (exact) mass is 462 g/mol. The van der Waals surface area contributed by atoms with E-state index < -0.39 is 5.92 Å². The van der Waals surface area contributed by atoms with Crippen molar-refractivity contribution in [3.8, 4) is 5.75 Å². The SMILES string of the molecule is COc1ccccc1N1C[C@H](C(=O)Nc2nc3c(s2)CN(Cc2ccccc2)CC3)CC1=O. The van der Waals surface area contributed by atoms with Crippen LogP contribution >= 0.6 is 11.3 Å². The number of para-hydroxylation sites is 2. The molecule has 8 heteroatoms. The van der Waals surface area contributed by atoms with E-state index in [2.05, 4.69) is 39.5 Å². The minimum atomic E-state index is -0.419. The number of benzene rings is 2. The van der Waals surface area contributed by atoms with Gasteiger partial charge in [-0.15, -0.1) is 11.3 Å². The van der Waals surface area contributed by atoms with E-state index in [1.807, 2.05) is 30.3 Å². The van der Waals surface area contributed by atoms with Crippen molar-refractivity contribution in [3.05, 3.63) is 70.7 Å². The van der Waals surface area contributed by atoms with Gasteiger partial charge in [0.1, 0.15) is 5.75 Å². The van der Waals surface area contributed by atoms with Gasteiger partial charge in [0.15, 0.2) is 5.13 Å². The number of methoxy groups -OCH3 is 1. The molecule has 7 nitrogen and oxygen atoms in total. The zero-order valence-electron chi connectivity index (χ0n) is 18.5. The summed E-state index contributed by atoms with van der Waals surface area (Å²) < 4.78 is 5.38. The Kier molecular flexibility index (Phi) is 6.11. The molecule has 33 heavy (non-hydrogen) atoms. The van der Waals surface area contributed by atoms with Crippen molar-refractivity contribution in [1.29, 1.82) is 0 Å². The maximum absolute atomic E-state index is 12.9. The van der Waals surface area contributed by atoms with Crippen LogP contribution in [0.15, 0.2) is 54.6 Å². The Balaban J connectivity index is 1.22. The number of amides is 2. The zero-order valence-corrected chi connectivity index (χ0v) is 19.3. The van der Waals surface area contributed by atoms with E-state index in [1.165, 1.54) is 21.8 Å². The second-order valence-electron chi connectivity index (χ2n) is 8.40. The van der Waals surface area contributed by atoms with Crippen LogP contribution in [0.1, 0.15) is 22.6 Å². The molecular weight excluding hydrogens is 436 g/mol. The average Bonchev–Trinajstić information content (AvgIpc) is 3.42. The van der Waals surface area contributed by atoms with Crippen LogP contribution in [0.25, 0.3) is 0 Å². The van der Waals surface area contributed by atoms with E-state index in [-0.39, 0.29) is 18.2 Å². The second kappa shape index (κ2) is 9.33. The van der Waals surface area contributed by atoms with Gasteiger partial charge in [0.25, 0.3) is 0 Å². The first kappa shape index (κ1) is 21.6. The van der Waals surface area contributed by atoms with Gasteiger partial charge in [-0.25, -0.2) is 4.98 Å². The molecular formula is C25H26N4O3S. The van der Waals surface area contributed by atoms with Crippen LogP contribution in [0, 0.1) is 5.92 Å². The molecule has 0 bridgehead atoms. The molecule has 3 heterocycles. The summed E-state index contributed by atoms with van der Waals surface area (Å²) in [6, 6.07) is 17.8. The first-order valence-corrected chi connectivity index (χ1v) is 11.9. The van der Waals surface area contributed by atoms with E-state index in [0.717, 1.165) is 31.7 Å². The second-order valence-corrected chi connectivity index (χ2v) is 9.49. The molecule has 0 radical (unpaired) electrons. The van der Waals surface area contributed by atoms with Gasteiger partial charge in [-0.1, -0.05) is 42.5 Å². The van der Waals surface area contributed by atoms with Crippen LogP contribution in [0.4, 0.5) is 10.8 Å². The number of nitrogens with one attached hydrogen (secondary N) is 1. The standard InChI is InChI=1S/C25H26N4O3S/c1-32-21-10-6-5-9-20(21)29-15-18(13-23(29)30)24(31)27-25-26-19-11-12-28(16-22(19)33-25)14-17-7-3-2-4-8-17/h2-10,18H,11-16H2,1H3,(H,26,27,31)/t18-/m1/s1. The van der Waals surface area contributed by atoms with Crippen molar-refractivity contribution in [1.82, 2.24) is 9.88 Å². The van der Waals surface area contributed by atoms with Gasteiger partial charge in [0.2, 0.25) is 11.8 Å². The fourth-order valence-electron chi connectivity index (χ4n) is 4.45. The number of ether oxygens (including phenoxy) is 1. The summed E-state index contributed by atoms with van der Waals surface area (Å²) in [4.78, 5) is 35.5. The molecule has 1 N–H and O–H groups in total. The number of carbonyl (C=O) groups is 2. The highest BCUT2D eigenvalue weighted by Gasteiger charge is 2.36. The number of nitrogens with zero attached hydrogens (tertiary/aromatic N) is 3. The Morgan fingerprint density at radius 2 is 1.97 bits per heavy atom. The molecule has 5 rings (SSSR count). The van der Waals surface area contributed by atoms with Crippen molar-refractivity contribution < 1.29 is 14.3 Å². The summed E-state index contributed by atoms with van der Waals surface area (Å²) in [6.45, 7) is 3.02. The quantitative estimate of drug-likeness (QED) is 0.605. The fraction of sp³-hybridized carbons (Fsp3) is 0.320. The Morgan fingerprint density at radius 1 is 1.18 bits per heavy atom. The Morgan fingerprint density at radius 3 is 2.79 bits per heavy atom. The predicted molar refractivity (Wildman–Crippen MR) is 128 cm³/mol. The molecule has 1 fully saturated rings. The zero-order chi connectivity index (χ0) is 22.8. The van der Waals surface area contributed by atoms with Crippen LogP contribution < -0.4 is 15.0 Å². The van der Waals surface area contributed by atoms with Crippen LogP contribution in [0.5, 0.6) is 5.75 Å². The third-order valence-electron chi connectivity index (χ3n) is 6.16. The average molecular weight is 463 g/mol. The number of aromatic nitrogens is 1. The largest absolute Gasteiger partial charge is 0.495 e. The third-order valence-corrected chi connectivity index (χ3v) is 7.16. The lowest BCUT2D eigenvalue weighted by Crippen LogP contribution is -2.29. The molecule has 2 aliphatic rings. The summed E-state index contributed by atoms with van der Waals surface area (Å²) >= 11 is 1.54. The molecule has 2 aliphatic heterocycles. The minimum Gasteiger partial charge on any atom is -0.495 e. The lowest BCUT2D eigenvalue weighted by Gasteiger charge is -2.25. The van der Waals surface area contributed by atoms with Crippen LogP contribution in [-0.4, -0.2) is 41.9 Å². The normalized spacial score (nSPS) is 18.3. The summed E-state index contributed by atoms with van der Waals surface area (Å²) in [5.74, 6) is -0.0277. The molecule has 3 aromatic rings. The molecule has 1 saturated heterocycles. The van der Waals surface area contributed by atoms with E-state index in [0.29, 0.717) is 23.1 Å². The van der Waals surface area contributed by atoms with E-state index >= 15 is 0 Å². The number of thiazole rings is 1. The minimum absolute atomic E-state index is 0.0744. The van der Waals surface area contributed by atoms with Crippen molar-refractivity contribution >= 4 is 34.0 Å². The first-order valence-electron chi connectivity index (χ1n) is 11.1. The number of rotatable bonds is 6. The molecule has 0 spiro atoms. The number of hydrogen-bond donors (Lipinski definition) is 1. The van der Waals surface area contributed by atoms with Crippen molar-refractivity contribution in [2.75, 3.05) is 30.4 Å². The summed E-state index contributed by atoms with van der Waals surface area (Å²) in [5, 5.41) is 3.59. The van der Waals surface area contributed by atoms with E-state index in [1.54, 1.807) is 12.0 Å². The maximum atomic E-state index is 12.9. The van der Waals surface area contributed by atoms with Gasteiger partial charge in [-0.05, 0) is 17.7 Å². The van der Waals surface area contributed by atoms with Crippen molar-refractivity contribution in [3.63, 3.8) is 0 Å². The molecule has 0 saturated carbocycles. The highest BCUT2D eigenvalue weighted by Crippen LogP contribution is 2.34. The molecule has 1 aromatic heterocycles. The lowest BCUT2D eigenvalue weighted by atomic mass is 10.1. The number of fused-ring (bicyclic) bond motifs is 1. The summed E-state index contributed by atoms with van der Waals surface area (Å²) in [5.41, 5.74) is 3.06. The van der Waals surface area contributed by atoms with Gasteiger partial charge in [0.05, 0.1) is 24.4 Å². The summed E-state index contributed by atoms with van der Waals surface area (Å²) in [7, 11) is 1.58. The Labute approximate surface area is 197 Å². The highest BCUT2D eigenvalue weighted by atomic mass is 32.1. The molecule has 170 valence electrons. The number of anilines is 2. The summed E-state index contributed by atoms with van der Waals surface area (Å²) in [6.07, 6.45) is 1.05. The van der Waals surface area contributed by atoms with Gasteiger partial charge in [-0.3, -0.25) is 14.5 Å². The predicted octanol–water partition coefficient (Wildman–Crippen LogP) is 3.70. The number of carbonyl (C=O) groups excluding carboxylic acids is 2. The maximum Gasteiger partial charge on any atom is 0.231 e. The van der Waals surface area contributed by atoms with Gasteiger partial charge in [0, 0.05) is 43.9 Å². The van der Waals surface area contributed by atoms with Gasteiger partial charge >= 0.3 is 0 Å². The third kappa shape index (κ3) is 4.62. The van der Waals surface area contributed by atoms with Gasteiger partial charge < -0.3 is 15.0 Å². The lowest BCUT2D eigenvalue weighted by molar-refractivity contribution is -0.122. The fourth-order valence-corrected chi connectivity index (χ4v) is 5.51. The molecule has 0 unspecified atom stereocenters.